The number of para-hydroxylation sites is 1. The summed E-state index contributed by atoms with van der Waals surface area (Å²) in [7, 11) is 0. The zero-order valence-electron chi connectivity index (χ0n) is 15.7. The van der Waals surface area contributed by atoms with Gasteiger partial charge in [-0.1, -0.05) is 24.3 Å². The van der Waals surface area contributed by atoms with Crippen molar-refractivity contribution in [2.75, 3.05) is 0 Å². The van der Waals surface area contributed by atoms with Crippen LogP contribution in [0.4, 0.5) is 0 Å². The molecule has 4 aromatic rings. The second-order valence-electron chi connectivity index (χ2n) is 6.42. The number of hydrogen-bond donors (Lipinski definition) is 1. The van der Waals surface area contributed by atoms with Gasteiger partial charge < -0.3 is 10.1 Å². The van der Waals surface area contributed by atoms with E-state index < -0.39 is 0 Å². The summed E-state index contributed by atoms with van der Waals surface area (Å²) in [6, 6.07) is 24.3. The fraction of sp³-hybridized carbons (Fsp3) is 0.0417. The van der Waals surface area contributed by atoms with Crippen molar-refractivity contribution in [2.24, 2.45) is 0 Å². The molecule has 0 spiro atoms. The van der Waals surface area contributed by atoms with Crippen molar-refractivity contribution in [2.45, 2.75) is 6.54 Å². The van der Waals surface area contributed by atoms with Crippen LogP contribution in [-0.2, 0) is 6.54 Å². The van der Waals surface area contributed by atoms with Gasteiger partial charge in [0.25, 0.3) is 5.91 Å². The van der Waals surface area contributed by atoms with Gasteiger partial charge in [-0.2, -0.15) is 0 Å². The van der Waals surface area contributed by atoms with Crippen LogP contribution in [0.25, 0.3) is 11.3 Å². The van der Waals surface area contributed by atoms with Gasteiger partial charge in [-0.3, -0.25) is 14.8 Å². The maximum Gasteiger partial charge on any atom is 0.251 e. The number of amides is 1. The summed E-state index contributed by atoms with van der Waals surface area (Å²) >= 11 is 0. The van der Waals surface area contributed by atoms with E-state index in [9.17, 15) is 4.79 Å². The molecule has 0 aliphatic rings. The van der Waals surface area contributed by atoms with E-state index >= 15 is 0 Å². The van der Waals surface area contributed by atoms with E-state index in [0.29, 0.717) is 17.9 Å². The number of pyridine rings is 2. The number of benzene rings is 2. The largest absolute Gasteiger partial charge is 0.457 e. The Morgan fingerprint density at radius 1 is 0.828 bits per heavy atom. The monoisotopic (exact) mass is 381 g/mol. The lowest BCUT2D eigenvalue weighted by Crippen LogP contribution is -2.22. The van der Waals surface area contributed by atoms with Gasteiger partial charge in [0.2, 0.25) is 0 Å². The molecule has 5 nitrogen and oxygen atoms in total. The molecule has 142 valence electrons. The van der Waals surface area contributed by atoms with E-state index in [1.54, 1.807) is 42.9 Å². The number of carbonyl (C=O) groups is 1. The van der Waals surface area contributed by atoms with Crippen molar-refractivity contribution in [3.05, 3.63) is 109 Å². The Kier molecular flexibility index (Phi) is 5.58. The van der Waals surface area contributed by atoms with Gasteiger partial charge in [-0.25, -0.2) is 0 Å². The molecule has 2 aromatic carbocycles. The van der Waals surface area contributed by atoms with Gasteiger partial charge in [0.15, 0.2) is 0 Å². The molecular weight excluding hydrogens is 362 g/mol. The molecule has 0 bridgehead atoms. The minimum absolute atomic E-state index is 0.146. The highest BCUT2D eigenvalue weighted by molar-refractivity contribution is 5.94. The highest BCUT2D eigenvalue weighted by Crippen LogP contribution is 2.21. The van der Waals surface area contributed by atoms with Gasteiger partial charge >= 0.3 is 0 Å². The fourth-order valence-electron chi connectivity index (χ4n) is 2.80. The number of aromatic nitrogens is 2. The third kappa shape index (κ3) is 4.84. The van der Waals surface area contributed by atoms with E-state index in [2.05, 4.69) is 15.3 Å². The van der Waals surface area contributed by atoms with Crippen molar-refractivity contribution in [1.82, 2.24) is 15.3 Å². The maximum absolute atomic E-state index is 12.4. The minimum Gasteiger partial charge on any atom is -0.457 e. The molecule has 1 amide bonds. The van der Waals surface area contributed by atoms with Crippen LogP contribution < -0.4 is 10.1 Å². The van der Waals surface area contributed by atoms with Gasteiger partial charge in [0.05, 0.1) is 5.69 Å². The molecule has 0 fully saturated rings. The molecule has 2 heterocycles. The zero-order chi connectivity index (χ0) is 19.9. The summed E-state index contributed by atoms with van der Waals surface area (Å²) in [4.78, 5) is 20.9. The van der Waals surface area contributed by atoms with Crippen molar-refractivity contribution in [1.29, 1.82) is 0 Å². The molecule has 1 N–H and O–H groups in total. The van der Waals surface area contributed by atoms with Crippen molar-refractivity contribution in [3.63, 3.8) is 0 Å². The van der Waals surface area contributed by atoms with Crippen LogP contribution in [0.5, 0.6) is 11.5 Å². The topological polar surface area (TPSA) is 64.1 Å². The molecule has 4 rings (SSSR count). The van der Waals surface area contributed by atoms with Crippen LogP contribution in [0.1, 0.15) is 15.9 Å². The first kappa shape index (κ1) is 18.4. The Morgan fingerprint density at radius 2 is 1.62 bits per heavy atom. The predicted molar refractivity (Wildman–Crippen MR) is 112 cm³/mol. The molecule has 0 aliphatic carbocycles. The second-order valence-corrected chi connectivity index (χ2v) is 6.42. The Bertz CT molecular complexity index is 1060. The zero-order valence-corrected chi connectivity index (χ0v) is 15.7. The highest BCUT2D eigenvalue weighted by atomic mass is 16.5. The maximum atomic E-state index is 12.4. The molecule has 0 unspecified atom stereocenters. The van der Waals surface area contributed by atoms with E-state index in [1.807, 2.05) is 54.6 Å². The average molecular weight is 381 g/mol. The van der Waals surface area contributed by atoms with E-state index in [-0.39, 0.29) is 5.91 Å². The first-order valence-electron chi connectivity index (χ1n) is 9.24. The Labute approximate surface area is 169 Å². The molecule has 5 heteroatoms. The highest BCUT2D eigenvalue weighted by Gasteiger charge is 2.07. The molecule has 0 atom stereocenters. The minimum atomic E-state index is -0.146. The SMILES string of the molecule is O=C(NCc1ccc(-c2cccnc2)nc1)c1ccc(Oc2ccccc2)cc1. The first-order valence-corrected chi connectivity index (χ1v) is 9.24. The van der Waals surface area contributed by atoms with Crippen LogP contribution in [0.15, 0.2) is 97.5 Å². The summed E-state index contributed by atoms with van der Waals surface area (Å²) < 4.78 is 5.75. The number of nitrogens with one attached hydrogen (secondary N) is 1. The third-order valence-electron chi connectivity index (χ3n) is 4.33. The molecule has 0 aliphatic heterocycles. The Hall–Kier alpha value is -3.99. The van der Waals surface area contributed by atoms with E-state index in [1.165, 1.54) is 0 Å². The number of carbonyl (C=O) groups excluding carboxylic acids is 1. The summed E-state index contributed by atoms with van der Waals surface area (Å²) in [5, 5.41) is 2.91. The molecule has 0 saturated carbocycles. The number of ether oxygens (including phenoxy) is 1. The van der Waals surface area contributed by atoms with Gasteiger partial charge in [0.1, 0.15) is 11.5 Å². The summed E-state index contributed by atoms with van der Waals surface area (Å²) in [5.74, 6) is 1.29. The quantitative estimate of drug-likeness (QED) is 0.518. The van der Waals surface area contributed by atoms with Crippen molar-refractivity contribution >= 4 is 5.91 Å². The lowest BCUT2D eigenvalue weighted by molar-refractivity contribution is 0.0951. The van der Waals surface area contributed by atoms with Gasteiger partial charge in [-0.15, -0.1) is 0 Å². The smallest absolute Gasteiger partial charge is 0.251 e. The lowest BCUT2D eigenvalue weighted by atomic mass is 10.1. The summed E-state index contributed by atoms with van der Waals surface area (Å²) in [6.45, 7) is 0.404. The predicted octanol–water partition coefficient (Wildman–Crippen LogP) is 4.87. The van der Waals surface area contributed by atoms with Gasteiger partial charge in [-0.05, 0) is 60.2 Å². The summed E-state index contributed by atoms with van der Waals surface area (Å²) in [5.41, 5.74) is 3.31. The average Bonchev–Trinajstić information content (AvgIpc) is 2.80. The number of nitrogens with zero attached hydrogens (tertiary/aromatic N) is 2. The molecule has 29 heavy (non-hydrogen) atoms. The van der Waals surface area contributed by atoms with Crippen LogP contribution in [-0.4, -0.2) is 15.9 Å². The van der Waals surface area contributed by atoms with Crippen LogP contribution in [0, 0.1) is 0 Å². The fourth-order valence-corrected chi connectivity index (χ4v) is 2.80. The van der Waals surface area contributed by atoms with E-state index in [0.717, 1.165) is 22.6 Å². The first-order chi connectivity index (χ1) is 14.3. The standard InChI is InChI=1S/C24H19N3O2/c28-24(19-9-11-22(12-10-19)29-21-6-2-1-3-7-21)27-16-18-8-13-23(26-15-18)20-5-4-14-25-17-20/h1-15,17H,16H2,(H,27,28). The molecular formula is C24H19N3O2. The third-order valence-corrected chi connectivity index (χ3v) is 4.33. The number of hydrogen-bond acceptors (Lipinski definition) is 4. The van der Waals surface area contributed by atoms with Crippen LogP contribution in [0.3, 0.4) is 0 Å². The second kappa shape index (κ2) is 8.80. The van der Waals surface area contributed by atoms with Crippen LogP contribution in [0.2, 0.25) is 0 Å². The Morgan fingerprint density at radius 3 is 2.31 bits per heavy atom. The molecule has 0 saturated heterocycles. The normalized spacial score (nSPS) is 10.3. The molecule has 0 radical (unpaired) electrons. The van der Waals surface area contributed by atoms with Gasteiger partial charge in [0, 0.05) is 36.3 Å². The van der Waals surface area contributed by atoms with Crippen LogP contribution >= 0.6 is 0 Å². The Balaban J connectivity index is 1.33. The van der Waals surface area contributed by atoms with Crippen molar-refractivity contribution < 1.29 is 9.53 Å². The summed E-state index contributed by atoms with van der Waals surface area (Å²) in [6.07, 6.45) is 5.27. The lowest BCUT2D eigenvalue weighted by Gasteiger charge is -2.08. The van der Waals surface area contributed by atoms with E-state index in [4.69, 9.17) is 4.74 Å². The van der Waals surface area contributed by atoms with Crippen molar-refractivity contribution in [3.8, 4) is 22.8 Å². The molecule has 2 aromatic heterocycles. The number of rotatable bonds is 6.